The second kappa shape index (κ2) is 7.20. The summed E-state index contributed by atoms with van der Waals surface area (Å²) in [5.41, 5.74) is 0. The molecule has 0 rings (SSSR count). The third-order valence-corrected chi connectivity index (χ3v) is 2.89. The van der Waals surface area contributed by atoms with E-state index in [1.165, 1.54) is 12.0 Å². The highest BCUT2D eigenvalue weighted by Gasteiger charge is 2.19. The Kier molecular flexibility index (Phi) is 7.13. The van der Waals surface area contributed by atoms with Crippen molar-refractivity contribution in [2.75, 3.05) is 27.3 Å². The highest BCUT2D eigenvalue weighted by atomic mass is 79.9. The molecule has 84 valence electrons. The van der Waals surface area contributed by atoms with Gasteiger partial charge in [-0.05, 0) is 6.42 Å². The van der Waals surface area contributed by atoms with Crippen molar-refractivity contribution in [3.63, 3.8) is 0 Å². The fraction of sp³-hybridized carbons (Fsp3) is 0.889. The molecule has 0 heterocycles. The number of aliphatic hydroxyl groups excluding tert-OH is 1. The molecule has 5 heteroatoms. The molecule has 0 radical (unpaired) electrons. The molecule has 0 spiro atoms. The van der Waals surface area contributed by atoms with Gasteiger partial charge in [-0.2, -0.15) is 0 Å². The fourth-order valence-electron chi connectivity index (χ4n) is 1.06. The number of hydrogen-bond acceptors (Lipinski definition) is 3. The van der Waals surface area contributed by atoms with E-state index < -0.39 is 6.10 Å². The standard InChI is InChI=1S/C9H18BrNO3/c1-4-8(10)9(13)11(2)5-7(12)6-14-3/h7-8,12H,4-6H2,1-3H3. The van der Waals surface area contributed by atoms with E-state index in [4.69, 9.17) is 4.74 Å². The Labute approximate surface area is 93.4 Å². The first-order valence-corrected chi connectivity index (χ1v) is 5.50. The summed E-state index contributed by atoms with van der Waals surface area (Å²) in [6.07, 6.45) is 0.120. The lowest BCUT2D eigenvalue weighted by atomic mass is 10.3. The number of hydrogen-bond donors (Lipinski definition) is 1. The zero-order valence-electron chi connectivity index (χ0n) is 8.86. The van der Waals surface area contributed by atoms with Gasteiger partial charge >= 0.3 is 0 Å². The third-order valence-electron chi connectivity index (χ3n) is 1.85. The molecule has 0 saturated heterocycles. The summed E-state index contributed by atoms with van der Waals surface area (Å²) in [6, 6.07) is 0. The number of rotatable bonds is 6. The molecular formula is C9H18BrNO3. The fourth-order valence-corrected chi connectivity index (χ4v) is 1.41. The van der Waals surface area contributed by atoms with E-state index in [1.807, 2.05) is 6.92 Å². The number of nitrogens with zero attached hydrogens (tertiary/aromatic N) is 1. The Hall–Kier alpha value is -0.130. The summed E-state index contributed by atoms with van der Waals surface area (Å²) < 4.78 is 4.77. The topological polar surface area (TPSA) is 49.8 Å². The number of halogens is 1. The van der Waals surface area contributed by atoms with Gasteiger partial charge in [-0.3, -0.25) is 4.79 Å². The minimum Gasteiger partial charge on any atom is -0.389 e. The SMILES string of the molecule is CCC(Br)C(=O)N(C)CC(O)COC. The summed E-state index contributed by atoms with van der Waals surface area (Å²) in [5, 5.41) is 9.39. The number of carbonyl (C=O) groups excluding carboxylic acids is 1. The van der Waals surface area contributed by atoms with Gasteiger partial charge in [-0.15, -0.1) is 0 Å². The third kappa shape index (κ3) is 4.93. The largest absolute Gasteiger partial charge is 0.389 e. The van der Waals surface area contributed by atoms with Crippen molar-refractivity contribution in [1.29, 1.82) is 0 Å². The van der Waals surface area contributed by atoms with Crippen LogP contribution in [0.3, 0.4) is 0 Å². The van der Waals surface area contributed by atoms with Gasteiger partial charge in [0, 0.05) is 20.7 Å². The lowest BCUT2D eigenvalue weighted by Gasteiger charge is -2.22. The van der Waals surface area contributed by atoms with Crippen molar-refractivity contribution >= 4 is 21.8 Å². The molecular weight excluding hydrogens is 250 g/mol. The minimum absolute atomic E-state index is 0.0114. The van der Waals surface area contributed by atoms with Gasteiger partial charge in [-0.1, -0.05) is 22.9 Å². The molecule has 0 saturated carbocycles. The molecule has 0 bridgehead atoms. The van der Waals surface area contributed by atoms with Crippen LogP contribution in [0, 0.1) is 0 Å². The van der Waals surface area contributed by atoms with Crippen molar-refractivity contribution in [2.45, 2.75) is 24.3 Å². The number of amides is 1. The number of methoxy groups -OCH3 is 1. The van der Waals surface area contributed by atoms with E-state index >= 15 is 0 Å². The maximum Gasteiger partial charge on any atom is 0.236 e. The highest BCUT2D eigenvalue weighted by Crippen LogP contribution is 2.08. The maximum absolute atomic E-state index is 11.5. The maximum atomic E-state index is 11.5. The number of alkyl halides is 1. The molecule has 0 fully saturated rings. The average Bonchev–Trinajstić information content (AvgIpc) is 2.15. The van der Waals surface area contributed by atoms with Crippen LogP contribution in [-0.2, 0) is 9.53 Å². The van der Waals surface area contributed by atoms with Crippen LogP contribution < -0.4 is 0 Å². The smallest absolute Gasteiger partial charge is 0.236 e. The van der Waals surface area contributed by atoms with E-state index in [2.05, 4.69) is 15.9 Å². The van der Waals surface area contributed by atoms with E-state index in [0.717, 1.165) is 6.42 Å². The summed E-state index contributed by atoms with van der Waals surface area (Å²) in [7, 11) is 3.19. The Bertz CT molecular complexity index is 177. The molecule has 0 aliphatic heterocycles. The first kappa shape index (κ1) is 13.9. The Morgan fingerprint density at radius 3 is 2.64 bits per heavy atom. The van der Waals surface area contributed by atoms with Gasteiger partial charge < -0.3 is 14.7 Å². The summed E-state index contributed by atoms with van der Waals surface area (Å²) in [6.45, 7) is 2.47. The second-order valence-electron chi connectivity index (χ2n) is 3.20. The molecule has 1 N–H and O–H groups in total. The lowest BCUT2D eigenvalue weighted by molar-refractivity contribution is -0.130. The van der Waals surface area contributed by atoms with Crippen LogP contribution in [0.2, 0.25) is 0 Å². The predicted molar refractivity (Wildman–Crippen MR) is 58.5 cm³/mol. The number of likely N-dealkylation sites (N-methyl/N-ethyl adjacent to an activating group) is 1. The second-order valence-corrected chi connectivity index (χ2v) is 4.31. The first-order chi connectivity index (χ1) is 6.52. The Balaban J connectivity index is 3.94. The predicted octanol–water partition coefficient (Wildman–Crippen LogP) is 0.626. The Morgan fingerprint density at radius 1 is 1.64 bits per heavy atom. The summed E-state index contributed by atoms with van der Waals surface area (Å²) >= 11 is 3.27. The van der Waals surface area contributed by atoms with Crippen LogP contribution >= 0.6 is 15.9 Å². The van der Waals surface area contributed by atoms with Crippen molar-refractivity contribution in [3.8, 4) is 0 Å². The molecule has 0 aromatic heterocycles. The molecule has 0 aliphatic rings. The molecule has 1 amide bonds. The first-order valence-electron chi connectivity index (χ1n) is 4.59. The van der Waals surface area contributed by atoms with Gasteiger partial charge in [0.25, 0.3) is 0 Å². The number of carbonyl (C=O) groups is 1. The molecule has 2 atom stereocenters. The molecule has 14 heavy (non-hydrogen) atoms. The number of ether oxygens (including phenoxy) is 1. The van der Waals surface area contributed by atoms with Crippen LogP contribution in [0.4, 0.5) is 0 Å². The van der Waals surface area contributed by atoms with Gasteiger partial charge in [0.15, 0.2) is 0 Å². The summed E-state index contributed by atoms with van der Waals surface area (Å²) in [5.74, 6) is -0.0114. The quantitative estimate of drug-likeness (QED) is 0.719. The minimum atomic E-state index is -0.620. The molecule has 4 nitrogen and oxygen atoms in total. The van der Waals surface area contributed by atoms with Gasteiger partial charge in [-0.25, -0.2) is 0 Å². The molecule has 0 aromatic carbocycles. The monoisotopic (exact) mass is 267 g/mol. The van der Waals surface area contributed by atoms with Crippen LogP contribution in [0.1, 0.15) is 13.3 Å². The van der Waals surface area contributed by atoms with E-state index in [0.29, 0.717) is 6.54 Å². The zero-order chi connectivity index (χ0) is 11.1. The lowest BCUT2D eigenvalue weighted by Crippen LogP contribution is -2.39. The normalized spacial score (nSPS) is 14.9. The molecule has 0 aromatic rings. The van der Waals surface area contributed by atoms with E-state index in [-0.39, 0.29) is 17.3 Å². The molecule has 0 aliphatic carbocycles. The molecule has 2 unspecified atom stereocenters. The highest BCUT2D eigenvalue weighted by molar-refractivity contribution is 9.10. The van der Waals surface area contributed by atoms with E-state index in [9.17, 15) is 9.90 Å². The average molecular weight is 268 g/mol. The van der Waals surface area contributed by atoms with Crippen molar-refractivity contribution in [3.05, 3.63) is 0 Å². The van der Waals surface area contributed by atoms with Crippen LogP contribution in [0.15, 0.2) is 0 Å². The van der Waals surface area contributed by atoms with Crippen molar-refractivity contribution in [1.82, 2.24) is 4.90 Å². The van der Waals surface area contributed by atoms with Crippen molar-refractivity contribution in [2.24, 2.45) is 0 Å². The van der Waals surface area contributed by atoms with Gasteiger partial charge in [0.2, 0.25) is 5.91 Å². The van der Waals surface area contributed by atoms with Crippen molar-refractivity contribution < 1.29 is 14.6 Å². The van der Waals surface area contributed by atoms with Gasteiger partial charge in [0.05, 0.1) is 17.5 Å². The summed E-state index contributed by atoms with van der Waals surface area (Å²) in [4.78, 5) is 12.9. The Morgan fingerprint density at radius 2 is 2.21 bits per heavy atom. The van der Waals surface area contributed by atoms with Crippen LogP contribution in [0.5, 0.6) is 0 Å². The zero-order valence-corrected chi connectivity index (χ0v) is 10.5. The van der Waals surface area contributed by atoms with Crippen LogP contribution in [0.25, 0.3) is 0 Å². The van der Waals surface area contributed by atoms with E-state index in [1.54, 1.807) is 7.05 Å². The van der Waals surface area contributed by atoms with Gasteiger partial charge in [0.1, 0.15) is 0 Å². The number of aliphatic hydroxyl groups is 1. The van der Waals surface area contributed by atoms with Crippen LogP contribution in [-0.4, -0.2) is 54.2 Å².